The molecule has 0 N–H and O–H groups in total. The highest BCUT2D eigenvalue weighted by Gasteiger charge is 2.36. The first-order chi connectivity index (χ1) is 6.41. The molecule has 0 bridgehead atoms. The van der Waals surface area contributed by atoms with Gasteiger partial charge >= 0.3 is 6.18 Å². The molecule has 6 heteroatoms. The lowest BCUT2D eigenvalue weighted by atomic mass is 10.4. The average molecular weight is 228 g/mol. The zero-order valence-electron chi connectivity index (χ0n) is 7.22. The van der Waals surface area contributed by atoms with Gasteiger partial charge in [0.2, 0.25) is 5.91 Å². The highest BCUT2D eigenvalue weighted by Crippen LogP contribution is 2.26. The molecule has 0 saturated carbocycles. The number of alkyl halides is 4. The van der Waals surface area contributed by atoms with E-state index in [-0.39, 0.29) is 5.91 Å². The van der Waals surface area contributed by atoms with Crippen molar-refractivity contribution in [3.8, 4) is 0 Å². The molecule has 2 nitrogen and oxygen atoms in total. The number of carbonyl (C=O) groups is 1. The molecule has 1 fully saturated rings. The van der Waals surface area contributed by atoms with Gasteiger partial charge in [0.25, 0.3) is 0 Å². The average Bonchev–Trinajstić information content (AvgIpc) is 2.45. The molecule has 1 rings (SSSR count). The first-order valence-electron chi connectivity index (χ1n) is 4.10. The van der Waals surface area contributed by atoms with E-state index in [4.69, 9.17) is 11.6 Å². The zero-order chi connectivity index (χ0) is 10.8. The van der Waals surface area contributed by atoms with Crippen LogP contribution in [0, 0.1) is 0 Å². The first kappa shape index (κ1) is 11.4. The van der Waals surface area contributed by atoms with Gasteiger partial charge in [-0.05, 0) is 12.5 Å². The summed E-state index contributed by atoms with van der Waals surface area (Å²) in [5.74, 6) is -0.160. The van der Waals surface area contributed by atoms with Gasteiger partial charge in [0.05, 0.1) is 0 Å². The summed E-state index contributed by atoms with van der Waals surface area (Å²) in [4.78, 5) is 12.2. The van der Waals surface area contributed by atoms with E-state index in [0.717, 1.165) is 12.3 Å². The molecule has 1 aliphatic heterocycles. The number of rotatable bonds is 2. The van der Waals surface area contributed by atoms with Crippen molar-refractivity contribution in [1.82, 2.24) is 4.90 Å². The van der Waals surface area contributed by atoms with Crippen molar-refractivity contribution < 1.29 is 18.0 Å². The van der Waals surface area contributed by atoms with Crippen molar-refractivity contribution in [2.45, 2.75) is 24.4 Å². The third-order valence-electron chi connectivity index (χ3n) is 1.86. The fraction of sp³-hybridized carbons (Fsp3) is 0.625. The van der Waals surface area contributed by atoms with Gasteiger partial charge in [0, 0.05) is 19.2 Å². The SMILES string of the molecule is O=C1CCCN1/C=C/C(Cl)C(F)(F)F. The van der Waals surface area contributed by atoms with E-state index in [9.17, 15) is 18.0 Å². The fourth-order valence-corrected chi connectivity index (χ4v) is 1.18. The Balaban J connectivity index is 2.51. The third-order valence-corrected chi connectivity index (χ3v) is 2.25. The summed E-state index contributed by atoms with van der Waals surface area (Å²) < 4.78 is 35.8. The van der Waals surface area contributed by atoms with Gasteiger partial charge in [-0.1, -0.05) is 0 Å². The van der Waals surface area contributed by atoms with Gasteiger partial charge in [0.15, 0.2) is 0 Å². The summed E-state index contributed by atoms with van der Waals surface area (Å²) in [6, 6.07) is 0. The minimum absolute atomic E-state index is 0.160. The van der Waals surface area contributed by atoms with Crippen LogP contribution in [0.3, 0.4) is 0 Å². The van der Waals surface area contributed by atoms with E-state index in [1.807, 2.05) is 0 Å². The first-order valence-corrected chi connectivity index (χ1v) is 4.53. The van der Waals surface area contributed by atoms with Crippen molar-refractivity contribution in [2.75, 3.05) is 6.54 Å². The molecule has 1 heterocycles. The maximum atomic E-state index is 11.9. The number of amides is 1. The number of likely N-dealkylation sites (tertiary alicyclic amines) is 1. The van der Waals surface area contributed by atoms with E-state index in [1.54, 1.807) is 0 Å². The van der Waals surface area contributed by atoms with Crippen molar-refractivity contribution in [2.24, 2.45) is 0 Å². The maximum Gasteiger partial charge on any atom is 0.408 e. The van der Waals surface area contributed by atoms with Crippen LogP contribution in [0.15, 0.2) is 12.3 Å². The molecule has 0 aromatic heterocycles. The number of nitrogens with zero attached hydrogens (tertiary/aromatic N) is 1. The van der Waals surface area contributed by atoms with Crippen LogP contribution in [-0.4, -0.2) is 28.9 Å². The number of carbonyl (C=O) groups excluding carboxylic acids is 1. The predicted octanol–water partition coefficient (Wildman–Crippen LogP) is 2.29. The van der Waals surface area contributed by atoms with Crippen molar-refractivity contribution in [3.63, 3.8) is 0 Å². The van der Waals surface area contributed by atoms with Crippen molar-refractivity contribution in [3.05, 3.63) is 12.3 Å². The van der Waals surface area contributed by atoms with Gasteiger partial charge in [0.1, 0.15) is 5.38 Å². The smallest absolute Gasteiger partial charge is 0.319 e. The Morgan fingerprint density at radius 1 is 1.50 bits per heavy atom. The molecular formula is C8H9ClF3NO. The summed E-state index contributed by atoms with van der Waals surface area (Å²) in [7, 11) is 0. The second-order valence-electron chi connectivity index (χ2n) is 2.98. The Morgan fingerprint density at radius 2 is 2.14 bits per heavy atom. The molecule has 0 aromatic rings. The normalized spacial score (nSPS) is 20.9. The Labute approximate surface area is 84.3 Å². The second-order valence-corrected chi connectivity index (χ2v) is 3.45. The second kappa shape index (κ2) is 4.21. The molecule has 1 unspecified atom stereocenters. The molecule has 1 amide bonds. The van der Waals surface area contributed by atoms with E-state index in [0.29, 0.717) is 19.4 Å². The molecule has 80 valence electrons. The molecule has 0 aromatic carbocycles. The van der Waals surface area contributed by atoms with Crippen LogP contribution in [0.4, 0.5) is 13.2 Å². The lowest BCUT2D eigenvalue weighted by Gasteiger charge is -2.12. The summed E-state index contributed by atoms with van der Waals surface area (Å²) in [6.45, 7) is 0.469. The highest BCUT2D eigenvalue weighted by molar-refractivity contribution is 6.22. The molecule has 0 spiro atoms. The number of hydrogen-bond acceptors (Lipinski definition) is 1. The molecule has 1 atom stereocenters. The van der Waals surface area contributed by atoms with Crippen LogP contribution in [0.1, 0.15) is 12.8 Å². The van der Waals surface area contributed by atoms with E-state index >= 15 is 0 Å². The van der Waals surface area contributed by atoms with Gasteiger partial charge in [-0.2, -0.15) is 13.2 Å². The standard InChI is InChI=1S/C8H9ClF3NO/c9-6(8(10,11)12)3-5-13-4-1-2-7(13)14/h3,5-6H,1-2,4H2/b5-3+. The van der Waals surface area contributed by atoms with Gasteiger partial charge in [-0.3, -0.25) is 4.79 Å². The molecule has 1 saturated heterocycles. The third kappa shape index (κ3) is 2.90. The molecule has 0 radical (unpaired) electrons. The van der Waals surface area contributed by atoms with Crippen molar-refractivity contribution in [1.29, 1.82) is 0 Å². The van der Waals surface area contributed by atoms with Gasteiger partial charge in [-0.15, -0.1) is 11.6 Å². The van der Waals surface area contributed by atoms with Crippen LogP contribution >= 0.6 is 11.6 Å². The minimum atomic E-state index is -4.46. The van der Waals surface area contributed by atoms with Gasteiger partial charge in [-0.25, -0.2) is 0 Å². The largest absolute Gasteiger partial charge is 0.408 e. The predicted molar refractivity (Wildman–Crippen MR) is 45.8 cm³/mol. The minimum Gasteiger partial charge on any atom is -0.319 e. The van der Waals surface area contributed by atoms with E-state index < -0.39 is 11.6 Å². The fourth-order valence-electron chi connectivity index (χ4n) is 1.12. The Bertz CT molecular complexity index is 251. The number of hydrogen-bond donors (Lipinski definition) is 0. The van der Waals surface area contributed by atoms with Crippen LogP contribution in [0.2, 0.25) is 0 Å². The Kier molecular flexibility index (Phi) is 3.42. The molecular weight excluding hydrogens is 219 g/mol. The summed E-state index contributed by atoms with van der Waals surface area (Å²) in [6.07, 6.45) is -1.49. The lowest BCUT2D eigenvalue weighted by Crippen LogP contribution is -2.23. The summed E-state index contributed by atoms with van der Waals surface area (Å²) in [5.41, 5.74) is 0. The van der Waals surface area contributed by atoms with Crippen LogP contribution < -0.4 is 0 Å². The van der Waals surface area contributed by atoms with Crippen LogP contribution in [0.5, 0.6) is 0 Å². The van der Waals surface area contributed by atoms with Crippen LogP contribution in [0.25, 0.3) is 0 Å². The maximum absolute atomic E-state index is 11.9. The van der Waals surface area contributed by atoms with E-state index in [2.05, 4.69) is 0 Å². The number of halogens is 4. The Hall–Kier alpha value is -0.710. The van der Waals surface area contributed by atoms with Crippen molar-refractivity contribution >= 4 is 17.5 Å². The summed E-state index contributed by atoms with van der Waals surface area (Å²) >= 11 is 5.03. The monoisotopic (exact) mass is 227 g/mol. The highest BCUT2D eigenvalue weighted by atomic mass is 35.5. The van der Waals surface area contributed by atoms with Gasteiger partial charge < -0.3 is 4.90 Å². The Morgan fingerprint density at radius 3 is 2.57 bits per heavy atom. The molecule has 0 aliphatic carbocycles. The molecule has 14 heavy (non-hydrogen) atoms. The lowest BCUT2D eigenvalue weighted by molar-refractivity contribution is -0.126. The topological polar surface area (TPSA) is 20.3 Å². The van der Waals surface area contributed by atoms with E-state index in [1.165, 1.54) is 4.90 Å². The molecule has 1 aliphatic rings. The quantitative estimate of drug-likeness (QED) is 0.663. The number of allylic oxidation sites excluding steroid dienone is 1. The van der Waals surface area contributed by atoms with Crippen LogP contribution in [-0.2, 0) is 4.79 Å². The summed E-state index contributed by atoms with van der Waals surface area (Å²) in [5, 5.41) is -2.03. The zero-order valence-corrected chi connectivity index (χ0v) is 7.98.